The fourth-order valence-corrected chi connectivity index (χ4v) is 2.96. The third-order valence-electron chi connectivity index (χ3n) is 4.18. The minimum absolute atomic E-state index is 0.251. The average molecular weight is 516 g/mol. The second kappa shape index (κ2) is 9.91. The van der Waals surface area contributed by atoms with Gasteiger partial charge in [-0.2, -0.15) is 0 Å². The van der Waals surface area contributed by atoms with E-state index in [1.165, 1.54) is 18.2 Å². The van der Waals surface area contributed by atoms with Crippen molar-refractivity contribution in [2.45, 2.75) is 26.4 Å². The lowest BCUT2D eigenvalue weighted by Crippen LogP contribution is -2.27. The minimum Gasteiger partial charge on any atom is -0.455 e. The number of halogens is 2. The molecule has 0 spiro atoms. The van der Waals surface area contributed by atoms with Gasteiger partial charge in [0.25, 0.3) is 5.91 Å². The molecule has 3 aromatic rings. The molecule has 2 amide bonds. The van der Waals surface area contributed by atoms with Crippen molar-refractivity contribution in [2.75, 3.05) is 16.4 Å². The zero-order valence-corrected chi connectivity index (χ0v) is 19.8. The fraction of sp³-hybridized carbons (Fsp3) is 0.167. The Morgan fingerprint density at radius 2 is 1.61 bits per heavy atom. The number of amides is 2. The molecule has 0 fully saturated rings. The molecule has 0 aliphatic heterocycles. The Morgan fingerprint density at radius 3 is 2.21 bits per heavy atom. The van der Waals surface area contributed by atoms with E-state index >= 15 is 0 Å². The standard InChI is InChI=1S/C24H23BrFN3O4/c1-24(2,3)33-23(31)29-15-5-8-17(9-6-15)32-21-11-4-14(12-20(21)27)22(30)28-16-7-10-18(25)19(26)13-16/h4-13H,27H2,1-3H3,(H,28,30)(H,29,31). The predicted octanol–water partition coefficient (Wildman–Crippen LogP) is 6.56. The first-order valence-corrected chi connectivity index (χ1v) is 10.7. The normalized spacial score (nSPS) is 10.9. The van der Waals surface area contributed by atoms with Crippen LogP contribution in [-0.2, 0) is 4.74 Å². The molecule has 0 unspecified atom stereocenters. The van der Waals surface area contributed by atoms with Crippen LogP contribution < -0.4 is 21.1 Å². The number of rotatable bonds is 5. The molecule has 0 saturated heterocycles. The number of nitrogens with two attached hydrogens (primary N) is 1. The molecule has 0 heterocycles. The molecule has 0 atom stereocenters. The summed E-state index contributed by atoms with van der Waals surface area (Å²) >= 11 is 3.07. The molecule has 0 aliphatic carbocycles. The van der Waals surface area contributed by atoms with Gasteiger partial charge in [0.2, 0.25) is 0 Å². The van der Waals surface area contributed by atoms with Crippen LogP contribution in [0.4, 0.5) is 26.2 Å². The number of benzene rings is 3. The number of nitrogen functional groups attached to an aromatic ring is 1. The van der Waals surface area contributed by atoms with Gasteiger partial charge in [-0.15, -0.1) is 0 Å². The van der Waals surface area contributed by atoms with E-state index in [9.17, 15) is 14.0 Å². The summed E-state index contributed by atoms with van der Waals surface area (Å²) in [5.41, 5.74) is 6.86. The molecule has 0 aromatic heterocycles. The zero-order valence-electron chi connectivity index (χ0n) is 18.2. The zero-order chi connectivity index (χ0) is 24.2. The van der Waals surface area contributed by atoms with Gasteiger partial charge in [-0.1, -0.05) is 0 Å². The van der Waals surface area contributed by atoms with Crippen LogP contribution in [0.2, 0.25) is 0 Å². The molecule has 3 rings (SSSR count). The maximum Gasteiger partial charge on any atom is 0.412 e. The topological polar surface area (TPSA) is 103 Å². The predicted molar refractivity (Wildman–Crippen MR) is 129 cm³/mol. The Balaban J connectivity index is 1.63. The summed E-state index contributed by atoms with van der Waals surface area (Å²) in [5, 5.41) is 5.25. The first-order valence-electron chi connectivity index (χ1n) is 9.94. The van der Waals surface area contributed by atoms with Gasteiger partial charge in [-0.25, -0.2) is 9.18 Å². The molecular weight excluding hydrogens is 493 g/mol. The van der Waals surface area contributed by atoms with E-state index in [1.807, 2.05) is 0 Å². The highest BCUT2D eigenvalue weighted by Gasteiger charge is 2.16. The molecule has 0 saturated carbocycles. The van der Waals surface area contributed by atoms with Crippen LogP contribution >= 0.6 is 15.9 Å². The largest absolute Gasteiger partial charge is 0.455 e. The third-order valence-corrected chi connectivity index (χ3v) is 4.82. The third kappa shape index (κ3) is 6.95. The number of nitrogens with one attached hydrogen (secondary N) is 2. The van der Waals surface area contributed by atoms with Crippen molar-refractivity contribution in [3.8, 4) is 11.5 Å². The SMILES string of the molecule is CC(C)(C)OC(=O)Nc1ccc(Oc2ccc(C(=O)Nc3ccc(Br)c(F)c3)cc2N)cc1. The highest BCUT2D eigenvalue weighted by Crippen LogP contribution is 2.29. The number of hydrogen-bond acceptors (Lipinski definition) is 5. The van der Waals surface area contributed by atoms with E-state index in [0.717, 1.165) is 0 Å². The molecule has 4 N–H and O–H groups in total. The van der Waals surface area contributed by atoms with Crippen molar-refractivity contribution in [1.29, 1.82) is 0 Å². The van der Waals surface area contributed by atoms with Gasteiger partial charge < -0.3 is 20.5 Å². The highest BCUT2D eigenvalue weighted by atomic mass is 79.9. The van der Waals surface area contributed by atoms with Crippen molar-refractivity contribution >= 4 is 45.0 Å². The lowest BCUT2D eigenvalue weighted by Gasteiger charge is -2.19. The Bertz CT molecular complexity index is 1180. The van der Waals surface area contributed by atoms with Crippen LogP contribution in [0.1, 0.15) is 31.1 Å². The van der Waals surface area contributed by atoms with Crippen LogP contribution in [0.5, 0.6) is 11.5 Å². The molecule has 7 nitrogen and oxygen atoms in total. The van der Waals surface area contributed by atoms with E-state index in [1.54, 1.807) is 63.2 Å². The van der Waals surface area contributed by atoms with Crippen LogP contribution in [0.3, 0.4) is 0 Å². The van der Waals surface area contributed by atoms with E-state index < -0.39 is 23.4 Å². The van der Waals surface area contributed by atoms with Gasteiger partial charge in [0.1, 0.15) is 22.9 Å². The summed E-state index contributed by atoms with van der Waals surface area (Å²) in [7, 11) is 0. The monoisotopic (exact) mass is 515 g/mol. The van der Waals surface area contributed by atoms with Crippen LogP contribution in [0, 0.1) is 5.82 Å². The minimum atomic E-state index is -0.595. The van der Waals surface area contributed by atoms with Gasteiger partial charge in [0, 0.05) is 16.9 Å². The second-order valence-corrected chi connectivity index (χ2v) is 8.94. The van der Waals surface area contributed by atoms with Crippen molar-refractivity contribution in [1.82, 2.24) is 0 Å². The first-order chi connectivity index (χ1) is 15.5. The molecule has 0 aliphatic rings. The molecule has 0 bridgehead atoms. The van der Waals surface area contributed by atoms with Crippen molar-refractivity contribution in [3.05, 3.63) is 76.5 Å². The van der Waals surface area contributed by atoms with Crippen LogP contribution in [0.15, 0.2) is 65.1 Å². The van der Waals surface area contributed by atoms with E-state index in [0.29, 0.717) is 32.9 Å². The average Bonchev–Trinajstić information content (AvgIpc) is 2.72. The van der Waals surface area contributed by atoms with Gasteiger partial charge in [-0.05, 0) is 97.4 Å². The van der Waals surface area contributed by atoms with E-state index in [4.69, 9.17) is 15.2 Å². The smallest absolute Gasteiger partial charge is 0.412 e. The van der Waals surface area contributed by atoms with Crippen LogP contribution in [-0.4, -0.2) is 17.6 Å². The second-order valence-electron chi connectivity index (χ2n) is 8.09. The molecule has 3 aromatic carbocycles. The Hall–Kier alpha value is -3.59. The Kier molecular flexibility index (Phi) is 7.23. The Labute approximate surface area is 199 Å². The number of carbonyl (C=O) groups excluding carboxylic acids is 2. The van der Waals surface area contributed by atoms with Crippen molar-refractivity contribution in [2.24, 2.45) is 0 Å². The van der Waals surface area contributed by atoms with Gasteiger partial charge in [0.05, 0.1) is 10.2 Å². The summed E-state index contributed by atoms with van der Waals surface area (Å²) in [6.07, 6.45) is -0.555. The molecule has 0 radical (unpaired) electrons. The van der Waals surface area contributed by atoms with Gasteiger partial charge >= 0.3 is 6.09 Å². The van der Waals surface area contributed by atoms with E-state index in [2.05, 4.69) is 26.6 Å². The van der Waals surface area contributed by atoms with Crippen molar-refractivity contribution < 1.29 is 23.5 Å². The van der Waals surface area contributed by atoms with Crippen LogP contribution in [0.25, 0.3) is 0 Å². The lowest BCUT2D eigenvalue weighted by atomic mass is 10.1. The summed E-state index contributed by atoms with van der Waals surface area (Å²) in [6, 6.07) is 15.5. The molecular formula is C24H23BrFN3O4. The number of ether oxygens (including phenoxy) is 2. The summed E-state index contributed by atoms with van der Waals surface area (Å²) in [5.74, 6) is -0.0796. The first kappa shape index (κ1) is 24.1. The molecule has 33 heavy (non-hydrogen) atoms. The summed E-state index contributed by atoms with van der Waals surface area (Å²) in [4.78, 5) is 24.3. The maximum absolute atomic E-state index is 13.6. The fourth-order valence-electron chi connectivity index (χ4n) is 2.71. The van der Waals surface area contributed by atoms with Crippen molar-refractivity contribution in [3.63, 3.8) is 0 Å². The Morgan fingerprint density at radius 1 is 0.939 bits per heavy atom. The quantitative estimate of drug-likeness (QED) is 0.333. The van der Waals surface area contributed by atoms with E-state index in [-0.39, 0.29) is 5.69 Å². The van der Waals surface area contributed by atoms with Gasteiger partial charge in [0.15, 0.2) is 0 Å². The summed E-state index contributed by atoms with van der Waals surface area (Å²) < 4.78 is 24.9. The number of anilines is 3. The maximum atomic E-state index is 13.6. The summed E-state index contributed by atoms with van der Waals surface area (Å²) in [6.45, 7) is 5.34. The highest BCUT2D eigenvalue weighted by molar-refractivity contribution is 9.10. The lowest BCUT2D eigenvalue weighted by molar-refractivity contribution is 0.0635. The van der Waals surface area contributed by atoms with Gasteiger partial charge in [-0.3, -0.25) is 10.1 Å². The number of hydrogen-bond donors (Lipinski definition) is 3. The number of carbonyl (C=O) groups is 2. The molecule has 9 heteroatoms. The molecule has 172 valence electrons.